The van der Waals surface area contributed by atoms with Gasteiger partial charge in [0.1, 0.15) is 0 Å². The smallest absolute Gasteiger partial charge is 0.337 e. The average Bonchev–Trinajstić information content (AvgIpc) is 2.66. The lowest BCUT2D eigenvalue weighted by atomic mass is 10.2. The Labute approximate surface area is 152 Å². The van der Waals surface area contributed by atoms with Gasteiger partial charge in [-0.25, -0.2) is 4.79 Å². The molecule has 0 bridgehead atoms. The number of carbonyl (C=O) groups excluding carboxylic acids is 3. The maximum atomic E-state index is 12.0. The number of nitrogens with zero attached hydrogens (tertiary/aromatic N) is 1. The van der Waals surface area contributed by atoms with Crippen molar-refractivity contribution in [1.82, 2.24) is 0 Å². The van der Waals surface area contributed by atoms with E-state index in [4.69, 9.17) is 0 Å². The molecule has 26 heavy (non-hydrogen) atoms. The van der Waals surface area contributed by atoms with E-state index in [2.05, 4.69) is 15.4 Å². The number of esters is 1. The molecule has 0 spiro atoms. The van der Waals surface area contributed by atoms with Gasteiger partial charge in [-0.05, 0) is 48.5 Å². The van der Waals surface area contributed by atoms with Crippen LogP contribution in [0.4, 0.5) is 17.1 Å². The van der Waals surface area contributed by atoms with E-state index in [-0.39, 0.29) is 18.4 Å². The van der Waals surface area contributed by atoms with E-state index in [1.54, 1.807) is 55.6 Å². The third-order valence-corrected chi connectivity index (χ3v) is 3.77. The molecule has 0 heterocycles. The SMILES string of the molecule is COC(=O)c1ccc(NC(=O)CNc2ccc(N(C)C(C)=O)cc2)cc1. The molecule has 0 unspecified atom stereocenters. The van der Waals surface area contributed by atoms with Crippen LogP contribution < -0.4 is 15.5 Å². The molecule has 7 nitrogen and oxygen atoms in total. The monoisotopic (exact) mass is 355 g/mol. The van der Waals surface area contributed by atoms with Gasteiger partial charge in [-0.1, -0.05) is 0 Å². The van der Waals surface area contributed by atoms with Gasteiger partial charge in [0.15, 0.2) is 0 Å². The summed E-state index contributed by atoms with van der Waals surface area (Å²) in [7, 11) is 3.01. The Morgan fingerprint density at radius 3 is 2.08 bits per heavy atom. The minimum absolute atomic E-state index is 0.0525. The van der Waals surface area contributed by atoms with Crippen molar-refractivity contribution in [1.29, 1.82) is 0 Å². The molecule has 0 aliphatic carbocycles. The number of hydrogen-bond acceptors (Lipinski definition) is 5. The normalized spacial score (nSPS) is 9.96. The predicted molar refractivity (Wildman–Crippen MR) is 100 cm³/mol. The summed E-state index contributed by atoms with van der Waals surface area (Å²) in [5.41, 5.74) is 2.54. The van der Waals surface area contributed by atoms with Crippen molar-refractivity contribution in [3.63, 3.8) is 0 Å². The van der Waals surface area contributed by atoms with E-state index in [0.29, 0.717) is 11.3 Å². The average molecular weight is 355 g/mol. The van der Waals surface area contributed by atoms with Gasteiger partial charge in [0.05, 0.1) is 19.2 Å². The quantitative estimate of drug-likeness (QED) is 0.778. The minimum Gasteiger partial charge on any atom is -0.465 e. The van der Waals surface area contributed by atoms with Crippen molar-refractivity contribution in [2.45, 2.75) is 6.92 Å². The molecular formula is C19H21N3O4. The second-order valence-corrected chi connectivity index (χ2v) is 5.60. The first-order chi connectivity index (χ1) is 12.4. The maximum absolute atomic E-state index is 12.0. The zero-order chi connectivity index (χ0) is 19.1. The largest absolute Gasteiger partial charge is 0.465 e. The molecule has 0 saturated heterocycles. The number of hydrogen-bond donors (Lipinski definition) is 2. The number of benzene rings is 2. The van der Waals surface area contributed by atoms with Gasteiger partial charge in [0, 0.05) is 31.0 Å². The van der Waals surface area contributed by atoms with Crippen molar-refractivity contribution in [2.24, 2.45) is 0 Å². The fourth-order valence-electron chi connectivity index (χ4n) is 2.18. The lowest BCUT2D eigenvalue weighted by Gasteiger charge is -2.15. The van der Waals surface area contributed by atoms with Gasteiger partial charge in [0.2, 0.25) is 11.8 Å². The van der Waals surface area contributed by atoms with Crippen molar-refractivity contribution in [3.8, 4) is 0 Å². The van der Waals surface area contributed by atoms with Gasteiger partial charge in [-0.2, -0.15) is 0 Å². The summed E-state index contributed by atoms with van der Waals surface area (Å²) in [4.78, 5) is 36.2. The standard InChI is InChI=1S/C19H21N3O4/c1-13(23)22(2)17-10-8-15(9-11-17)20-12-18(24)21-16-6-4-14(5-7-16)19(25)26-3/h4-11,20H,12H2,1-3H3,(H,21,24). The molecular weight excluding hydrogens is 334 g/mol. The van der Waals surface area contributed by atoms with Crippen molar-refractivity contribution < 1.29 is 19.1 Å². The third-order valence-electron chi connectivity index (χ3n) is 3.77. The first-order valence-electron chi connectivity index (χ1n) is 7.97. The number of anilines is 3. The zero-order valence-electron chi connectivity index (χ0n) is 14.9. The molecule has 0 atom stereocenters. The van der Waals surface area contributed by atoms with Crippen LogP contribution in [-0.4, -0.2) is 38.5 Å². The molecule has 2 N–H and O–H groups in total. The summed E-state index contributed by atoms with van der Waals surface area (Å²) in [6.45, 7) is 1.58. The molecule has 0 saturated carbocycles. The van der Waals surface area contributed by atoms with E-state index in [0.717, 1.165) is 11.4 Å². The van der Waals surface area contributed by atoms with E-state index < -0.39 is 5.97 Å². The van der Waals surface area contributed by atoms with Crippen molar-refractivity contribution in [2.75, 3.05) is 36.2 Å². The maximum Gasteiger partial charge on any atom is 0.337 e. The number of amides is 2. The Hall–Kier alpha value is -3.35. The van der Waals surface area contributed by atoms with E-state index in [1.807, 2.05) is 0 Å². The van der Waals surface area contributed by atoms with E-state index in [1.165, 1.54) is 18.9 Å². The number of ether oxygens (including phenoxy) is 1. The predicted octanol–water partition coefficient (Wildman–Crippen LogP) is 2.51. The van der Waals surface area contributed by atoms with Crippen molar-refractivity contribution in [3.05, 3.63) is 54.1 Å². The summed E-state index contributed by atoms with van der Waals surface area (Å²) in [5.74, 6) is -0.701. The Morgan fingerprint density at radius 2 is 1.54 bits per heavy atom. The van der Waals surface area contributed by atoms with Crippen LogP contribution in [0.1, 0.15) is 17.3 Å². The molecule has 2 aromatic carbocycles. The molecule has 0 aromatic heterocycles. The topological polar surface area (TPSA) is 87.7 Å². The summed E-state index contributed by atoms with van der Waals surface area (Å²) in [6.07, 6.45) is 0. The van der Waals surface area contributed by atoms with Crippen LogP contribution in [0.3, 0.4) is 0 Å². The highest BCUT2D eigenvalue weighted by molar-refractivity contribution is 5.95. The lowest BCUT2D eigenvalue weighted by molar-refractivity contribution is -0.116. The first-order valence-corrected chi connectivity index (χ1v) is 7.97. The van der Waals surface area contributed by atoms with Gasteiger partial charge < -0.3 is 20.3 Å². The highest BCUT2D eigenvalue weighted by atomic mass is 16.5. The second-order valence-electron chi connectivity index (χ2n) is 5.60. The van der Waals surface area contributed by atoms with Crippen LogP contribution in [0.25, 0.3) is 0 Å². The summed E-state index contributed by atoms with van der Waals surface area (Å²) in [6, 6.07) is 13.6. The van der Waals surface area contributed by atoms with Crippen LogP contribution in [0.2, 0.25) is 0 Å². The fourth-order valence-corrected chi connectivity index (χ4v) is 2.18. The second kappa shape index (κ2) is 8.66. The van der Waals surface area contributed by atoms with Crippen LogP contribution in [0, 0.1) is 0 Å². The molecule has 136 valence electrons. The van der Waals surface area contributed by atoms with Crippen LogP contribution in [0.5, 0.6) is 0 Å². The Bertz CT molecular complexity index is 785. The van der Waals surface area contributed by atoms with Crippen molar-refractivity contribution >= 4 is 34.8 Å². The zero-order valence-corrected chi connectivity index (χ0v) is 14.9. The Balaban J connectivity index is 1.86. The molecule has 7 heteroatoms. The number of methoxy groups -OCH3 is 1. The van der Waals surface area contributed by atoms with Crippen LogP contribution in [0.15, 0.2) is 48.5 Å². The minimum atomic E-state index is -0.427. The molecule has 2 rings (SSSR count). The van der Waals surface area contributed by atoms with E-state index in [9.17, 15) is 14.4 Å². The van der Waals surface area contributed by atoms with Gasteiger partial charge in [-0.15, -0.1) is 0 Å². The summed E-state index contributed by atoms with van der Waals surface area (Å²) in [5, 5.41) is 5.74. The van der Waals surface area contributed by atoms with Crippen LogP contribution >= 0.6 is 0 Å². The highest BCUT2D eigenvalue weighted by Crippen LogP contribution is 2.17. The van der Waals surface area contributed by atoms with Gasteiger partial charge in [0.25, 0.3) is 0 Å². The Morgan fingerprint density at radius 1 is 0.962 bits per heavy atom. The lowest BCUT2D eigenvalue weighted by Crippen LogP contribution is -2.23. The molecule has 0 radical (unpaired) electrons. The molecule has 2 aromatic rings. The number of rotatable bonds is 6. The summed E-state index contributed by atoms with van der Waals surface area (Å²) >= 11 is 0. The fraction of sp³-hybridized carbons (Fsp3) is 0.211. The number of nitrogens with one attached hydrogen (secondary N) is 2. The first kappa shape index (κ1) is 19.0. The molecule has 0 aliphatic heterocycles. The molecule has 0 aliphatic rings. The molecule has 2 amide bonds. The van der Waals surface area contributed by atoms with E-state index >= 15 is 0 Å². The Kier molecular flexibility index (Phi) is 6.32. The summed E-state index contributed by atoms with van der Waals surface area (Å²) < 4.78 is 4.62. The number of carbonyl (C=O) groups is 3. The molecule has 0 fully saturated rings. The highest BCUT2D eigenvalue weighted by Gasteiger charge is 2.07. The van der Waals surface area contributed by atoms with Gasteiger partial charge >= 0.3 is 5.97 Å². The third kappa shape index (κ3) is 5.07. The van der Waals surface area contributed by atoms with Gasteiger partial charge in [-0.3, -0.25) is 9.59 Å². The van der Waals surface area contributed by atoms with Crippen LogP contribution in [-0.2, 0) is 14.3 Å².